The van der Waals surface area contributed by atoms with Gasteiger partial charge in [-0.2, -0.15) is 5.10 Å². The molecule has 1 aliphatic rings. The van der Waals surface area contributed by atoms with Crippen molar-refractivity contribution in [1.82, 2.24) is 9.78 Å². The number of benzene rings is 2. The fraction of sp³-hybridized carbons (Fsp3) is 0.150. The first-order valence-corrected chi connectivity index (χ1v) is 9.74. The monoisotopic (exact) mass is 466 g/mol. The summed E-state index contributed by atoms with van der Waals surface area (Å²) in [4.78, 5) is 17.6. The van der Waals surface area contributed by atoms with E-state index in [9.17, 15) is 13.6 Å². The van der Waals surface area contributed by atoms with Gasteiger partial charge < -0.3 is 14.9 Å². The largest absolute Gasteiger partial charge is 0.470 e. The Balaban J connectivity index is 1.33. The van der Waals surface area contributed by atoms with E-state index in [1.54, 1.807) is 0 Å². The Morgan fingerprint density at radius 2 is 2.10 bits per heavy atom. The van der Waals surface area contributed by atoms with E-state index in [2.05, 4.69) is 15.6 Å². The van der Waals surface area contributed by atoms with Crippen LogP contribution in [0.5, 0.6) is 5.75 Å². The highest BCUT2D eigenvalue weighted by Gasteiger charge is 2.31. The number of hydrogen-bond donors (Lipinski definition) is 1. The Morgan fingerprint density at radius 3 is 2.87 bits per heavy atom. The number of hydrogen-bond acceptors (Lipinski definition) is 5. The average Bonchev–Trinajstić information content (AvgIpc) is 3.37. The van der Waals surface area contributed by atoms with Crippen molar-refractivity contribution in [3.8, 4) is 5.75 Å². The topological polar surface area (TPSA) is 77.7 Å². The van der Waals surface area contributed by atoms with Gasteiger partial charge in [0.2, 0.25) is 6.10 Å². The first-order valence-electron chi connectivity index (χ1n) is 8.99. The second kappa shape index (κ2) is 8.91. The van der Waals surface area contributed by atoms with Crippen LogP contribution in [-0.4, -0.2) is 27.5 Å². The molecular weight excluding hydrogens is 453 g/mol. The maximum Gasteiger partial charge on any atom is 0.268 e. The standard InChI is InChI=1S/C20H14Cl2F2N4O3/c21-13-2-1-3-15(24)19(13)16-7-18(31-27-16)20(29)26-12-8-25-28(9-12)10-30-17-5-4-11(23)6-14(17)22/h1-6,8-9,18H,7,10H2,(H,26,29). The maximum atomic E-state index is 14.0. The molecule has 1 aromatic heterocycles. The van der Waals surface area contributed by atoms with Crippen molar-refractivity contribution in [2.45, 2.75) is 19.3 Å². The SMILES string of the molecule is O=C(Nc1cnn(COc2ccc(F)cc2Cl)c1)C1CC(c2c(F)cccc2Cl)=NO1. The van der Waals surface area contributed by atoms with E-state index < -0.39 is 23.6 Å². The lowest BCUT2D eigenvalue weighted by atomic mass is 10.0. The van der Waals surface area contributed by atoms with E-state index in [-0.39, 0.29) is 34.5 Å². The van der Waals surface area contributed by atoms with Gasteiger partial charge in [-0.25, -0.2) is 13.5 Å². The molecule has 0 aliphatic carbocycles. The zero-order chi connectivity index (χ0) is 22.0. The fourth-order valence-corrected chi connectivity index (χ4v) is 3.38. The molecular formula is C20H14Cl2F2N4O3. The van der Waals surface area contributed by atoms with Crippen LogP contribution >= 0.6 is 23.2 Å². The van der Waals surface area contributed by atoms with E-state index in [1.165, 1.54) is 47.4 Å². The molecule has 0 radical (unpaired) electrons. The molecule has 3 aromatic rings. The molecule has 1 unspecified atom stereocenters. The number of rotatable bonds is 6. The van der Waals surface area contributed by atoms with Gasteiger partial charge in [-0.3, -0.25) is 4.79 Å². The smallest absolute Gasteiger partial charge is 0.268 e. The summed E-state index contributed by atoms with van der Waals surface area (Å²) in [5.74, 6) is -1.20. The van der Waals surface area contributed by atoms with Gasteiger partial charge in [-0.15, -0.1) is 0 Å². The zero-order valence-corrected chi connectivity index (χ0v) is 17.2. The summed E-state index contributed by atoms with van der Waals surface area (Å²) in [6, 6.07) is 8.03. The molecule has 0 fully saturated rings. The van der Waals surface area contributed by atoms with Crippen molar-refractivity contribution in [3.05, 3.63) is 76.0 Å². The summed E-state index contributed by atoms with van der Waals surface area (Å²) in [6.45, 7) is -0.0137. The Bertz CT molecular complexity index is 1150. The summed E-state index contributed by atoms with van der Waals surface area (Å²) in [7, 11) is 0. The van der Waals surface area contributed by atoms with Gasteiger partial charge in [0.1, 0.15) is 17.4 Å². The molecule has 1 amide bonds. The van der Waals surface area contributed by atoms with Crippen LogP contribution < -0.4 is 10.1 Å². The predicted molar refractivity (Wildman–Crippen MR) is 110 cm³/mol. The molecule has 0 spiro atoms. The van der Waals surface area contributed by atoms with Crippen LogP contribution in [0.15, 0.2) is 53.9 Å². The molecule has 0 bridgehead atoms. The molecule has 11 heteroatoms. The number of nitrogens with one attached hydrogen (secondary N) is 1. The Labute approximate surface area is 185 Å². The third-order valence-corrected chi connectivity index (χ3v) is 4.97. The Kier molecular flexibility index (Phi) is 6.06. The zero-order valence-electron chi connectivity index (χ0n) is 15.7. The molecule has 7 nitrogen and oxygen atoms in total. The van der Waals surface area contributed by atoms with Gasteiger partial charge in [0.25, 0.3) is 5.91 Å². The van der Waals surface area contributed by atoms with Gasteiger partial charge in [0.05, 0.1) is 39.4 Å². The van der Waals surface area contributed by atoms with Gasteiger partial charge in [-0.05, 0) is 30.3 Å². The van der Waals surface area contributed by atoms with E-state index in [4.69, 9.17) is 32.8 Å². The summed E-state index contributed by atoms with van der Waals surface area (Å²) in [5.41, 5.74) is 0.757. The van der Waals surface area contributed by atoms with Gasteiger partial charge in [0.15, 0.2) is 6.73 Å². The van der Waals surface area contributed by atoms with Crippen molar-refractivity contribution < 1.29 is 23.1 Å². The average molecular weight is 467 g/mol. The lowest BCUT2D eigenvalue weighted by Crippen LogP contribution is -2.28. The normalized spacial score (nSPS) is 15.4. The number of anilines is 1. The summed E-state index contributed by atoms with van der Waals surface area (Å²) in [6.07, 6.45) is 2.06. The van der Waals surface area contributed by atoms with Crippen molar-refractivity contribution in [2.75, 3.05) is 5.32 Å². The molecule has 2 heterocycles. The quantitative estimate of drug-likeness (QED) is 0.574. The molecule has 2 aromatic carbocycles. The van der Waals surface area contributed by atoms with Crippen LogP contribution in [0.2, 0.25) is 10.0 Å². The molecule has 4 rings (SSSR count). The van der Waals surface area contributed by atoms with Gasteiger partial charge >= 0.3 is 0 Å². The molecule has 31 heavy (non-hydrogen) atoms. The van der Waals surface area contributed by atoms with Crippen LogP contribution in [0.4, 0.5) is 14.5 Å². The number of ether oxygens (including phenoxy) is 1. The molecule has 1 aliphatic heterocycles. The summed E-state index contributed by atoms with van der Waals surface area (Å²) >= 11 is 11.9. The summed E-state index contributed by atoms with van der Waals surface area (Å²) in [5, 5.41) is 10.8. The van der Waals surface area contributed by atoms with E-state index in [0.717, 1.165) is 6.07 Å². The van der Waals surface area contributed by atoms with Gasteiger partial charge in [0, 0.05) is 6.42 Å². The third-order valence-electron chi connectivity index (χ3n) is 4.36. The lowest BCUT2D eigenvalue weighted by molar-refractivity contribution is -0.125. The van der Waals surface area contributed by atoms with Crippen LogP contribution in [0.25, 0.3) is 0 Å². The van der Waals surface area contributed by atoms with E-state index in [0.29, 0.717) is 11.4 Å². The lowest BCUT2D eigenvalue weighted by Gasteiger charge is -2.09. The highest BCUT2D eigenvalue weighted by molar-refractivity contribution is 6.34. The Hall–Kier alpha value is -3.17. The second-order valence-electron chi connectivity index (χ2n) is 6.54. The van der Waals surface area contributed by atoms with Crippen LogP contribution in [0.3, 0.4) is 0 Å². The van der Waals surface area contributed by atoms with Crippen molar-refractivity contribution in [1.29, 1.82) is 0 Å². The minimum absolute atomic E-state index is 0.0137. The highest BCUT2D eigenvalue weighted by Crippen LogP contribution is 2.27. The molecule has 0 saturated heterocycles. The van der Waals surface area contributed by atoms with E-state index >= 15 is 0 Å². The van der Waals surface area contributed by atoms with Crippen LogP contribution in [0, 0.1) is 11.6 Å². The highest BCUT2D eigenvalue weighted by atomic mass is 35.5. The predicted octanol–water partition coefficient (Wildman–Crippen LogP) is 4.64. The van der Waals surface area contributed by atoms with Crippen molar-refractivity contribution >= 4 is 40.5 Å². The van der Waals surface area contributed by atoms with E-state index in [1.807, 2.05) is 0 Å². The van der Waals surface area contributed by atoms with Gasteiger partial charge in [-0.1, -0.05) is 34.4 Å². The molecule has 0 saturated carbocycles. The number of carbonyl (C=O) groups excluding carboxylic acids is 1. The number of aromatic nitrogens is 2. The van der Waals surface area contributed by atoms with Crippen molar-refractivity contribution in [2.24, 2.45) is 5.16 Å². The summed E-state index contributed by atoms with van der Waals surface area (Å²) < 4.78 is 34.0. The Morgan fingerprint density at radius 1 is 1.26 bits per heavy atom. The number of amides is 1. The third kappa shape index (κ3) is 4.78. The van der Waals surface area contributed by atoms with Crippen molar-refractivity contribution in [3.63, 3.8) is 0 Å². The maximum absolute atomic E-state index is 14.0. The first-order chi connectivity index (χ1) is 14.9. The number of nitrogens with zero attached hydrogens (tertiary/aromatic N) is 3. The number of oxime groups is 1. The number of halogens is 4. The number of carbonyl (C=O) groups is 1. The minimum Gasteiger partial charge on any atom is -0.470 e. The van der Waals surface area contributed by atoms with Crippen LogP contribution in [0.1, 0.15) is 12.0 Å². The molecule has 1 atom stereocenters. The molecule has 160 valence electrons. The minimum atomic E-state index is -0.941. The first kappa shape index (κ1) is 21.1. The fourth-order valence-electron chi connectivity index (χ4n) is 2.89. The second-order valence-corrected chi connectivity index (χ2v) is 7.35. The molecule has 1 N–H and O–H groups in total. The van der Waals surface area contributed by atoms with Crippen LogP contribution in [-0.2, 0) is 16.4 Å².